The van der Waals surface area contributed by atoms with Crippen molar-refractivity contribution in [3.63, 3.8) is 0 Å². The molecule has 0 aliphatic rings. The van der Waals surface area contributed by atoms with Crippen LogP contribution in [0.5, 0.6) is 0 Å². The Bertz CT molecular complexity index is 171. The zero-order valence-corrected chi connectivity index (χ0v) is 7.89. The topological polar surface area (TPSA) is 0 Å². The van der Waals surface area contributed by atoms with Crippen molar-refractivity contribution in [1.29, 1.82) is 0 Å². The lowest BCUT2D eigenvalue weighted by Crippen LogP contribution is -1.79. The van der Waals surface area contributed by atoms with Crippen LogP contribution in [0.25, 0.3) is 0 Å². The molecule has 1 heteroatoms. The molecule has 0 N–H and O–H groups in total. The minimum absolute atomic E-state index is 0. The largest absolute Gasteiger partial charge is 0.0776 e. The van der Waals surface area contributed by atoms with Gasteiger partial charge < -0.3 is 0 Å². The first kappa shape index (κ1) is 13.3. The SMILES string of the molecule is C.Cc1[c]c(C)cc(C)c1.[Al].[HH]. The van der Waals surface area contributed by atoms with Crippen LogP contribution in [0.2, 0.25) is 0 Å². The summed E-state index contributed by atoms with van der Waals surface area (Å²) in [6, 6.07) is 7.47. The molecule has 60 valence electrons. The highest BCUT2D eigenvalue weighted by Crippen LogP contribution is 2.05. The molecule has 0 fully saturated rings. The van der Waals surface area contributed by atoms with Crippen molar-refractivity contribution in [2.24, 2.45) is 0 Å². The Hall–Kier alpha value is -0.248. The normalized spacial score (nSPS) is 7.91. The number of benzene rings is 1. The molecule has 0 unspecified atom stereocenters. The summed E-state index contributed by atoms with van der Waals surface area (Å²) < 4.78 is 0. The highest BCUT2D eigenvalue weighted by molar-refractivity contribution is 5.75. The lowest BCUT2D eigenvalue weighted by molar-refractivity contribution is 1.31. The van der Waals surface area contributed by atoms with Crippen molar-refractivity contribution in [2.45, 2.75) is 28.2 Å². The van der Waals surface area contributed by atoms with Crippen LogP contribution in [0.3, 0.4) is 0 Å². The van der Waals surface area contributed by atoms with Crippen molar-refractivity contribution >= 4 is 17.4 Å². The third-order valence-electron chi connectivity index (χ3n) is 1.28. The van der Waals surface area contributed by atoms with Crippen molar-refractivity contribution < 1.29 is 1.43 Å². The summed E-state index contributed by atoms with van der Waals surface area (Å²) in [5, 5.41) is 0. The third kappa shape index (κ3) is 4.24. The molecular formula is C10H17Al. The molecule has 0 aliphatic carbocycles. The van der Waals surface area contributed by atoms with Crippen LogP contribution in [0, 0.1) is 26.8 Å². The number of hydrogen-bond acceptors (Lipinski definition) is 0. The van der Waals surface area contributed by atoms with Gasteiger partial charge in [-0.2, -0.15) is 0 Å². The molecule has 11 heavy (non-hydrogen) atoms. The molecule has 0 spiro atoms. The van der Waals surface area contributed by atoms with Gasteiger partial charge >= 0.3 is 0 Å². The average Bonchev–Trinajstić information content (AvgIpc) is 1.59. The van der Waals surface area contributed by atoms with E-state index in [1.165, 1.54) is 16.7 Å². The van der Waals surface area contributed by atoms with Crippen molar-refractivity contribution in [2.75, 3.05) is 0 Å². The summed E-state index contributed by atoms with van der Waals surface area (Å²) in [6.45, 7) is 6.24. The maximum absolute atomic E-state index is 3.21. The molecule has 0 bridgehead atoms. The van der Waals surface area contributed by atoms with E-state index in [4.69, 9.17) is 0 Å². The fourth-order valence-electron chi connectivity index (χ4n) is 1.11. The van der Waals surface area contributed by atoms with E-state index in [9.17, 15) is 0 Å². The van der Waals surface area contributed by atoms with Gasteiger partial charge in [0.1, 0.15) is 0 Å². The van der Waals surface area contributed by atoms with Crippen LogP contribution in [0.1, 0.15) is 25.5 Å². The zero-order chi connectivity index (χ0) is 6.85. The van der Waals surface area contributed by atoms with E-state index in [0.717, 1.165) is 0 Å². The second-order valence-electron chi connectivity index (χ2n) is 2.52. The van der Waals surface area contributed by atoms with Gasteiger partial charge in [0.25, 0.3) is 0 Å². The monoisotopic (exact) mass is 164 g/mol. The minimum Gasteiger partial charge on any atom is -0.0776 e. The molecule has 0 aromatic heterocycles. The van der Waals surface area contributed by atoms with E-state index in [0.29, 0.717) is 0 Å². The van der Waals surface area contributed by atoms with Crippen molar-refractivity contribution in [3.05, 3.63) is 34.9 Å². The fraction of sp³-hybridized carbons (Fsp3) is 0.400. The number of hydrogen-bond donors (Lipinski definition) is 0. The second kappa shape index (κ2) is 5.41. The molecule has 0 atom stereocenters. The summed E-state index contributed by atoms with van der Waals surface area (Å²) in [7, 11) is 0. The van der Waals surface area contributed by atoms with Gasteiger partial charge in [-0.1, -0.05) is 25.1 Å². The Balaban J connectivity index is -0.000000270. The van der Waals surface area contributed by atoms with Crippen LogP contribution < -0.4 is 0 Å². The average molecular weight is 164 g/mol. The summed E-state index contributed by atoms with van der Waals surface area (Å²) in [5.74, 6) is 0. The maximum Gasteiger partial charge on any atom is 0 e. The van der Waals surface area contributed by atoms with Crippen molar-refractivity contribution in [3.8, 4) is 0 Å². The predicted molar refractivity (Wildman–Crippen MR) is 54.1 cm³/mol. The minimum atomic E-state index is 0. The predicted octanol–water partition coefficient (Wildman–Crippen LogP) is 2.91. The highest BCUT2D eigenvalue weighted by atomic mass is 27.0. The third-order valence-corrected chi connectivity index (χ3v) is 1.28. The molecule has 0 aliphatic heterocycles. The molecule has 0 saturated carbocycles. The number of rotatable bonds is 0. The first-order valence-corrected chi connectivity index (χ1v) is 3.15. The Labute approximate surface area is 82.3 Å². The van der Waals surface area contributed by atoms with E-state index in [1.807, 2.05) is 0 Å². The smallest absolute Gasteiger partial charge is 0 e. The van der Waals surface area contributed by atoms with Gasteiger partial charge in [-0.05, 0) is 38.0 Å². The quantitative estimate of drug-likeness (QED) is 0.517. The van der Waals surface area contributed by atoms with Gasteiger partial charge in [0.15, 0.2) is 0 Å². The van der Waals surface area contributed by atoms with Crippen LogP contribution in [0.4, 0.5) is 0 Å². The molecular weight excluding hydrogens is 147 g/mol. The molecule has 0 nitrogen and oxygen atoms in total. The fourth-order valence-corrected chi connectivity index (χ4v) is 1.11. The van der Waals surface area contributed by atoms with Crippen LogP contribution in [-0.2, 0) is 0 Å². The molecule has 1 aromatic rings. The van der Waals surface area contributed by atoms with Gasteiger partial charge in [0.2, 0.25) is 0 Å². The van der Waals surface area contributed by atoms with Crippen LogP contribution >= 0.6 is 0 Å². The Morgan fingerprint density at radius 1 is 1.09 bits per heavy atom. The molecule has 1 aromatic carbocycles. The van der Waals surface area contributed by atoms with Crippen LogP contribution in [-0.4, -0.2) is 17.4 Å². The lowest BCUT2D eigenvalue weighted by atomic mass is 10.1. The first-order chi connectivity index (χ1) is 4.18. The highest BCUT2D eigenvalue weighted by Gasteiger charge is 1.88. The van der Waals surface area contributed by atoms with E-state index in [2.05, 4.69) is 39.0 Å². The molecule has 4 radical (unpaired) electrons. The maximum atomic E-state index is 3.21. The van der Waals surface area contributed by atoms with E-state index in [-0.39, 0.29) is 26.2 Å². The van der Waals surface area contributed by atoms with E-state index < -0.39 is 0 Å². The van der Waals surface area contributed by atoms with E-state index in [1.54, 1.807) is 0 Å². The molecule has 0 heterocycles. The van der Waals surface area contributed by atoms with Gasteiger partial charge in [-0.15, -0.1) is 0 Å². The lowest BCUT2D eigenvalue weighted by Gasteiger charge is -1.96. The van der Waals surface area contributed by atoms with Gasteiger partial charge in [-0.25, -0.2) is 0 Å². The van der Waals surface area contributed by atoms with Gasteiger partial charge in [-0.3, -0.25) is 0 Å². The van der Waals surface area contributed by atoms with Crippen LogP contribution in [0.15, 0.2) is 12.1 Å². The Kier molecular flexibility index (Phi) is 6.56. The van der Waals surface area contributed by atoms with Crippen molar-refractivity contribution in [1.82, 2.24) is 0 Å². The molecule has 0 saturated heterocycles. The van der Waals surface area contributed by atoms with Gasteiger partial charge in [0.05, 0.1) is 0 Å². The summed E-state index contributed by atoms with van der Waals surface area (Å²) in [6.07, 6.45) is 0. The summed E-state index contributed by atoms with van der Waals surface area (Å²) >= 11 is 0. The molecule has 0 amide bonds. The summed E-state index contributed by atoms with van der Waals surface area (Å²) in [4.78, 5) is 0. The molecule has 1 rings (SSSR count). The first-order valence-electron chi connectivity index (χ1n) is 3.15. The number of aryl methyl sites for hydroxylation is 3. The Morgan fingerprint density at radius 3 is 1.73 bits per heavy atom. The van der Waals surface area contributed by atoms with E-state index >= 15 is 0 Å². The standard InChI is InChI=1S/C9H11.CH4.Al.H2/c1-7-4-8(2)6-9(3)5-7;;;/h4-5H,1-3H3;1H4;;1H. The summed E-state index contributed by atoms with van der Waals surface area (Å²) in [5.41, 5.74) is 3.78. The zero-order valence-electron chi connectivity index (χ0n) is 6.73. The Morgan fingerprint density at radius 2 is 1.45 bits per heavy atom. The second-order valence-corrected chi connectivity index (χ2v) is 2.52. The van der Waals surface area contributed by atoms with Gasteiger partial charge in [0, 0.05) is 18.8 Å².